The first-order chi connectivity index (χ1) is 15.2. The molecule has 0 spiro atoms. The minimum atomic E-state index is -3.54. The van der Waals surface area contributed by atoms with Crippen LogP contribution in [0.25, 0.3) is 11.0 Å². The predicted molar refractivity (Wildman–Crippen MR) is 123 cm³/mol. The molecule has 7 nitrogen and oxygen atoms in total. The van der Waals surface area contributed by atoms with Crippen LogP contribution >= 0.6 is 0 Å². The van der Waals surface area contributed by atoms with Gasteiger partial charge in [-0.15, -0.1) is 0 Å². The summed E-state index contributed by atoms with van der Waals surface area (Å²) < 4.78 is 32.9. The van der Waals surface area contributed by atoms with Gasteiger partial charge in [-0.05, 0) is 49.6 Å². The van der Waals surface area contributed by atoms with Crippen molar-refractivity contribution in [3.8, 4) is 5.75 Å². The monoisotopic (exact) mass is 456 g/mol. The quantitative estimate of drug-likeness (QED) is 0.593. The van der Waals surface area contributed by atoms with Crippen LogP contribution in [-0.2, 0) is 23.0 Å². The fraction of sp³-hybridized carbons (Fsp3) is 0.375. The van der Waals surface area contributed by atoms with Gasteiger partial charge in [-0.2, -0.15) is 4.31 Å². The molecule has 1 fully saturated rings. The van der Waals surface area contributed by atoms with Gasteiger partial charge in [0.15, 0.2) is 0 Å². The van der Waals surface area contributed by atoms with E-state index < -0.39 is 15.6 Å². The number of phenols is 1. The fourth-order valence-electron chi connectivity index (χ4n) is 4.19. The standard InChI is InChI=1S/C24H28N2O5S/c1-4-18-14-20-17(3)13-22(27)31-24(20)21(23(18)28)15-25-9-11-26(12-10-25)32(29,30)19-7-5-16(2)6-8-19/h5-8,13-14,28H,4,9-12,15H2,1-3H3. The van der Waals surface area contributed by atoms with Crippen LogP contribution in [0.1, 0.15) is 29.2 Å². The Morgan fingerprint density at radius 3 is 2.31 bits per heavy atom. The zero-order valence-corrected chi connectivity index (χ0v) is 19.4. The Morgan fingerprint density at radius 1 is 1.03 bits per heavy atom. The number of phenolic OH excluding ortho intramolecular Hbond substituents is 1. The van der Waals surface area contributed by atoms with E-state index in [4.69, 9.17) is 4.42 Å². The molecule has 0 radical (unpaired) electrons. The van der Waals surface area contributed by atoms with Crippen LogP contribution in [0.2, 0.25) is 0 Å². The molecule has 0 atom stereocenters. The van der Waals surface area contributed by atoms with Crippen molar-refractivity contribution < 1.29 is 17.9 Å². The van der Waals surface area contributed by atoms with Crippen LogP contribution in [0.15, 0.2) is 50.5 Å². The molecule has 1 N–H and O–H groups in total. The number of benzene rings is 2. The summed E-state index contributed by atoms with van der Waals surface area (Å²) in [7, 11) is -3.54. The van der Waals surface area contributed by atoms with E-state index in [1.54, 1.807) is 24.3 Å². The van der Waals surface area contributed by atoms with E-state index in [0.29, 0.717) is 55.2 Å². The second-order valence-corrected chi connectivity index (χ2v) is 10.3. The third kappa shape index (κ3) is 4.18. The molecule has 0 bridgehead atoms. The smallest absolute Gasteiger partial charge is 0.336 e. The lowest BCUT2D eigenvalue weighted by Gasteiger charge is -2.34. The van der Waals surface area contributed by atoms with Crippen molar-refractivity contribution in [1.82, 2.24) is 9.21 Å². The molecule has 8 heteroatoms. The third-order valence-electron chi connectivity index (χ3n) is 6.14. The highest BCUT2D eigenvalue weighted by Gasteiger charge is 2.29. The van der Waals surface area contributed by atoms with E-state index in [9.17, 15) is 18.3 Å². The first-order valence-corrected chi connectivity index (χ1v) is 12.2. The van der Waals surface area contributed by atoms with Crippen molar-refractivity contribution in [1.29, 1.82) is 0 Å². The van der Waals surface area contributed by atoms with Gasteiger partial charge in [0.1, 0.15) is 11.3 Å². The summed E-state index contributed by atoms with van der Waals surface area (Å²) in [4.78, 5) is 14.4. The largest absolute Gasteiger partial charge is 0.507 e. The zero-order valence-electron chi connectivity index (χ0n) is 18.6. The van der Waals surface area contributed by atoms with E-state index in [1.165, 1.54) is 10.4 Å². The van der Waals surface area contributed by atoms with Crippen LogP contribution in [-0.4, -0.2) is 48.9 Å². The number of aryl methyl sites for hydroxylation is 3. The summed E-state index contributed by atoms with van der Waals surface area (Å²) in [6.45, 7) is 7.85. The van der Waals surface area contributed by atoms with Gasteiger partial charge in [-0.25, -0.2) is 13.2 Å². The van der Waals surface area contributed by atoms with E-state index in [1.807, 2.05) is 26.8 Å². The molecule has 0 amide bonds. The zero-order chi connectivity index (χ0) is 23.0. The van der Waals surface area contributed by atoms with Crippen LogP contribution in [0.3, 0.4) is 0 Å². The van der Waals surface area contributed by atoms with E-state index in [0.717, 1.165) is 22.1 Å². The van der Waals surface area contributed by atoms with Gasteiger partial charge < -0.3 is 9.52 Å². The topological polar surface area (TPSA) is 91.1 Å². The van der Waals surface area contributed by atoms with Gasteiger partial charge in [-0.1, -0.05) is 24.6 Å². The Labute approximate surface area is 187 Å². The molecular weight excluding hydrogens is 428 g/mol. The summed E-state index contributed by atoms with van der Waals surface area (Å²) in [5, 5.41) is 11.7. The van der Waals surface area contributed by atoms with Gasteiger partial charge in [0.05, 0.1) is 10.5 Å². The maximum atomic E-state index is 13.0. The molecule has 1 saturated heterocycles. The number of rotatable bonds is 5. The molecule has 32 heavy (non-hydrogen) atoms. The minimum absolute atomic E-state index is 0.142. The first kappa shape index (κ1) is 22.5. The molecule has 0 unspecified atom stereocenters. The average Bonchev–Trinajstić information content (AvgIpc) is 2.76. The first-order valence-electron chi connectivity index (χ1n) is 10.8. The highest BCUT2D eigenvalue weighted by Crippen LogP contribution is 2.34. The number of fused-ring (bicyclic) bond motifs is 1. The molecule has 4 rings (SSSR count). The van der Waals surface area contributed by atoms with Crippen molar-refractivity contribution in [2.75, 3.05) is 26.2 Å². The molecule has 1 aliphatic heterocycles. The van der Waals surface area contributed by atoms with Crippen LogP contribution in [0.5, 0.6) is 5.75 Å². The summed E-state index contributed by atoms with van der Waals surface area (Å²) in [6.07, 6.45) is 0.649. The van der Waals surface area contributed by atoms with Crippen LogP contribution in [0, 0.1) is 13.8 Å². The molecular formula is C24H28N2O5S. The van der Waals surface area contributed by atoms with Gasteiger partial charge in [-0.3, -0.25) is 4.90 Å². The second-order valence-electron chi connectivity index (χ2n) is 8.33. The summed E-state index contributed by atoms with van der Waals surface area (Å²) in [5.74, 6) is 0.142. The third-order valence-corrected chi connectivity index (χ3v) is 8.05. The maximum Gasteiger partial charge on any atom is 0.336 e. The van der Waals surface area contributed by atoms with Crippen molar-refractivity contribution in [2.45, 2.75) is 38.6 Å². The highest BCUT2D eigenvalue weighted by molar-refractivity contribution is 7.89. The summed E-state index contributed by atoms with van der Waals surface area (Å²) in [6, 6.07) is 10.2. The summed E-state index contributed by atoms with van der Waals surface area (Å²) in [5.41, 5.74) is 3.14. The lowest BCUT2D eigenvalue weighted by Crippen LogP contribution is -2.48. The number of nitrogens with zero attached hydrogens (tertiary/aromatic N) is 2. The van der Waals surface area contributed by atoms with Crippen LogP contribution in [0.4, 0.5) is 0 Å². The highest BCUT2D eigenvalue weighted by atomic mass is 32.2. The van der Waals surface area contributed by atoms with Gasteiger partial charge in [0.25, 0.3) is 0 Å². The number of hydrogen-bond donors (Lipinski definition) is 1. The van der Waals surface area contributed by atoms with Crippen LogP contribution < -0.4 is 5.63 Å². The maximum absolute atomic E-state index is 13.0. The molecule has 0 saturated carbocycles. The second kappa shape index (κ2) is 8.69. The molecule has 2 heterocycles. The van der Waals surface area contributed by atoms with Crippen molar-refractivity contribution in [2.24, 2.45) is 0 Å². The summed E-state index contributed by atoms with van der Waals surface area (Å²) >= 11 is 0. The number of aromatic hydroxyl groups is 1. The Kier molecular flexibility index (Phi) is 6.11. The minimum Gasteiger partial charge on any atom is -0.507 e. The number of sulfonamides is 1. The molecule has 1 aromatic heterocycles. The molecule has 3 aromatic rings. The Hall–Kier alpha value is -2.68. The average molecular weight is 457 g/mol. The predicted octanol–water partition coefficient (Wildman–Crippen LogP) is 3.18. The molecule has 170 valence electrons. The lowest BCUT2D eigenvalue weighted by molar-refractivity contribution is 0.180. The van der Waals surface area contributed by atoms with Crippen molar-refractivity contribution in [3.63, 3.8) is 0 Å². The lowest BCUT2D eigenvalue weighted by atomic mass is 9.99. The van der Waals surface area contributed by atoms with E-state index in [-0.39, 0.29) is 5.75 Å². The molecule has 0 aliphatic carbocycles. The van der Waals surface area contributed by atoms with E-state index in [2.05, 4.69) is 4.90 Å². The number of piperazine rings is 1. The van der Waals surface area contributed by atoms with Gasteiger partial charge in [0, 0.05) is 44.2 Å². The molecule has 1 aliphatic rings. The fourth-order valence-corrected chi connectivity index (χ4v) is 5.62. The van der Waals surface area contributed by atoms with Gasteiger partial charge in [0.2, 0.25) is 10.0 Å². The van der Waals surface area contributed by atoms with Crippen molar-refractivity contribution >= 4 is 21.0 Å². The normalized spacial score (nSPS) is 16.0. The number of hydrogen-bond acceptors (Lipinski definition) is 6. The van der Waals surface area contributed by atoms with Gasteiger partial charge >= 0.3 is 5.63 Å². The SMILES string of the molecule is CCc1cc2c(C)cc(=O)oc2c(CN2CCN(S(=O)(=O)c3ccc(C)cc3)CC2)c1O. The Balaban J connectivity index is 1.58. The van der Waals surface area contributed by atoms with E-state index >= 15 is 0 Å². The Morgan fingerprint density at radius 2 is 1.69 bits per heavy atom. The molecule has 2 aromatic carbocycles. The van der Waals surface area contributed by atoms with Crippen molar-refractivity contribution in [3.05, 3.63) is 69.1 Å². The Bertz CT molecular complexity index is 1300.